The first-order valence-electron chi connectivity index (χ1n) is 1.49. The van der Waals surface area contributed by atoms with Gasteiger partial charge in [-0.15, -0.1) is 0 Å². The van der Waals surface area contributed by atoms with E-state index in [-0.39, 0.29) is 0 Å². The zero-order valence-electron chi connectivity index (χ0n) is 3.60. The second-order valence-electron chi connectivity index (χ2n) is 0.938. The second-order valence-corrected chi connectivity index (χ2v) is 5.46. The zero-order chi connectivity index (χ0) is 6.78. The predicted octanol–water partition coefficient (Wildman–Crippen LogP) is 1.24. The molecule has 0 aromatic rings. The lowest BCUT2D eigenvalue weighted by Crippen LogP contribution is -2.23. The van der Waals surface area contributed by atoms with Gasteiger partial charge < -0.3 is 5.73 Å². The van der Waals surface area contributed by atoms with E-state index in [0.717, 1.165) is 0 Å². The van der Waals surface area contributed by atoms with Crippen LogP contribution in [-0.2, 0) is 4.57 Å². The van der Waals surface area contributed by atoms with Crippen LogP contribution >= 0.6 is 28.5 Å². The van der Waals surface area contributed by atoms with Gasteiger partial charge >= 0.3 is 12.0 Å². The molecule has 7 heteroatoms. The molecule has 0 saturated heterocycles. The van der Waals surface area contributed by atoms with Gasteiger partial charge in [0, 0.05) is 0 Å². The van der Waals surface area contributed by atoms with Crippen molar-refractivity contribution in [3.63, 3.8) is 0 Å². The highest BCUT2D eigenvalue weighted by atomic mass is 35.9. The minimum atomic E-state index is -3.50. The van der Waals surface area contributed by atoms with Gasteiger partial charge in [-0.3, -0.25) is 9.65 Å². The Morgan fingerprint density at radius 3 is 2.00 bits per heavy atom. The van der Waals surface area contributed by atoms with Gasteiger partial charge in [-0.1, -0.05) is 0 Å². The minimum Gasteiger partial charge on any atom is -0.351 e. The molecule has 0 rings (SSSR count). The number of hydrogen-bond donors (Lipinski definition) is 2. The van der Waals surface area contributed by atoms with E-state index in [0.29, 0.717) is 0 Å². The molecule has 4 nitrogen and oxygen atoms in total. The van der Waals surface area contributed by atoms with Crippen LogP contribution in [0.25, 0.3) is 0 Å². The average molecular weight is 177 g/mol. The van der Waals surface area contributed by atoms with Gasteiger partial charge in [-0.05, 0) is 22.5 Å². The number of carbonyl (C=O) groups excluding carboxylic acids is 1. The molecule has 0 unspecified atom stereocenters. The fourth-order valence-corrected chi connectivity index (χ4v) is 0.885. The molecule has 0 radical (unpaired) electrons. The maximum atomic E-state index is 10.1. The predicted molar refractivity (Wildman–Crippen MR) is 32.0 cm³/mol. The molecule has 0 aliphatic heterocycles. The van der Waals surface area contributed by atoms with Crippen molar-refractivity contribution in [2.24, 2.45) is 5.73 Å². The number of amides is 2. The van der Waals surface area contributed by atoms with Gasteiger partial charge in [-0.2, -0.15) is 0 Å². The summed E-state index contributed by atoms with van der Waals surface area (Å²) in [6.07, 6.45) is 0. The highest BCUT2D eigenvalue weighted by Gasteiger charge is 2.13. The third-order valence-electron chi connectivity index (χ3n) is 0.240. The summed E-state index contributed by atoms with van der Waals surface area (Å²) in [6, 6.07) is -1.00. The molecule has 0 aromatic heterocycles. The molecular weight excluding hydrogens is 174 g/mol. The summed E-state index contributed by atoms with van der Waals surface area (Å²) in [5.41, 5.74) is 4.49. The highest BCUT2D eigenvalue weighted by Crippen LogP contribution is 2.51. The molecule has 0 spiro atoms. The van der Waals surface area contributed by atoms with Crippen molar-refractivity contribution in [2.75, 3.05) is 0 Å². The van der Waals surface area contributed by atoms with Crippen LogP contribution in [0.4, 0.5) is 4.79 Å². The Bertz CT molecular complexity index is 141. The van der Waals surface area contributed by atoms with E-state index < -0.39 is 12.0 Å². The van der Waals surface area contributed by atoms with Gasteiger partial charge in [0.25, 0.3) is 0 Å². The molecule has 0 fully saturated rings. The summed E-state index contributed by atoms with van der Waals surface area (Å²) in [5, 5.41) is 1.61. The molecule has 3 N–H and O–H groups in total. The molecule has 0 aliphatic rings. The lowest BCUT2D eigenvalue weighted by molar-refractivity contribution is 0.253. The number of primary amides is 1. The van der Waals surface area contributed by atoms with Crippen LogP contribution in [0.2, 0.25) is 0 Å². The van der Waals surface area contributed by atoms with Crippen LogP contribution in [-0.4, -0.2) is 6.03 Å². The number of carbonyl (C=O) groups is 1. The van der Waals surface area contributed by atoms with Crippen LogP contribution in [0, 0.1) is 0 Å². The molecule has 0 atom stereocenters. The molecule has 0 aliphatic carbocycles. The number of urea groups is 1. The van der Waals surface area contributed by atoms with Crippen LogP contribution < -0.4 is 10.8 Å². The summed E-state index contributed by atoms with van der Waals surface area (Å²) in [5.74, 6) is -3.50. The Morgan fingerprint density at radius 1 is 1.62 bits per heavy atom. The standard InChI is InChI=1S/CH3Cl2N2O2P/c2-8(3,7)5-1(4)6/h(H3,4,5,6,7). The van der Waals surface area contributed by atoms with Crippen molar-refractivity contribution in [3.8, 4) is 0 Å². The maximum Gasteiger partial charge on any atom is 0.346 e. The number of nitrogens with two attached hydrogens (primary N) is 1. The first kappa shape index (κ1) is 8.08. The highest BCUT2D eigenvalue weighted by molar-refractivity contribution is 8.07. The first-order chi connectivity index (χ1) is 3.42. The van der Waals surface area contributed by atoms with Crippen molar-refractivity contribution < 1.29 is 9.36 Å². The van der Waals surface area contributed by atoms with Gasteiger partial charge in [0.05, 0.1) is 0 Å². The van der Waals surface area contributed by atoms with Gasteiger partial charge in [0.1, 0.15) is 0 Å². The van der Waals surface area contributed by atoms with Gasteiger partial charge in [0.2, 0.25) is 0 Å². The third kappa shape index (κ3) is 6.08. The van der Waals surface area contributed by atoms with E-state index >= 15 is 0 Å². The number of rotatable bonds is 1. The molecule has 0 bridgehead atoms. The average Bonchev–Trinajstić information content (AvgIpc) is 1.21. The summed E-state index contributed by atoms with van der Waals surface area (Å²) < 4.78 is 10.1. The maximum absolute atomic E-state index is 10.1. The van der Waals surface area contributed by atoms with E-state index in [1.54, 1.807) is 5.09 Å². The Kier molecular flexibility index (Phi) is 2.60. The van der Waals surface area contributed by atoms with E-state index in [1.807, 2.05) is 0 Å². The monoisotopic (exact) mass is 176 g/mol. The largest absolute Gasteiger partial charge is 0.351 e. The van der Waals surface area contributed by atoms with Crippen molar-refractivity contribution in [1.29, 1.82) is 0 Å². The Balaban J connectivity index is 3.74. The van der Waals surface area contributed by atoms with Crippen LogP contribution in [0.3, 0.4) is 0 Å². The normalized spacial score (nSPS) is 10.8. The van der Waals surface area contributed by atoms with E-state index in [1.165, 1.54) is 0 Å². The van der Waals surface area contributed by atoms with Crippen LogP contribution in [0.1, 0.15) is 0 Å². The van der Waals surface area contributed by atoms with Crippen molar-refractivity contribution in [3.05, 3.63) is 0 Å². The fraction of sp³-hybridized carbons (Fsp3) is 0. The van der Waals surface area contributed by atoms with E-state index in [4.69, 9.17) is 22.5 Å². The number of nitrogens with one attached hydrogen (secondary N) is 1. The molecule has 0 saturated carbocycles. The zero-order valence-corrected chi connectivity index (χ0v) is 6.00. The Labute approximate surface area is 55.3 Å². The van der Waals surface area contributed by atoms with Gasteiger partial charge in [-0.25, -0.2) is 4.79 Å². The molecule has 0 heterocycles. The Hall–Kier alpha value is 0.0800. The van der Waals surface area contributed by atoms with Gasteiger partial charge in [0.15, 0.2) is 0 Å². The molecule has 2 amide bonds. The SMILES string of the molecule is NC(=O)NP(=O)(Cl)Cl. The van der Waals surface area contributed by atoms with E-state index in [9.17, 15) is 9.36 Å². The topological polar surface area (TPSA) is 72.2 Å². The number of hydrogen-bond acceptors (Lipinski definition) is 2. The van der Waals surface area contributed by atoms with Crippen molar-refractivity contribution in [1.82, 2.24) is 5.09 Å². The van der Waals surface area contributed by atoms with Crippen LogP contribution in [0.15, 0.2) is 0 Å². The molecule has 0 aromatic carbocycles. The lowest BCUT2D eigenvalue weighted by Gasteiger charge is -1.97. The quantitative estimate of drug-likeness (QED) is 0.591. The molecule has 8 heavy (non-hydrogen) atoms. The lowest BCUT2D eigenvalue weighted by atomic mass is 11.2. The summed E-state index contributed by atoms with van der Waals surface area (Å²) in [4.78, 5) is 9.78. The first-order valence-corrected chi connectivity index (χ1v) is 5.00. The number of halogens is 2. The molecule has 48 valence electrons. The van der Waals surface area contributed by atoms with Crippen molar-refractivity contribution in [2.45, 2.75) is 0 Å². The van der Waals surface area contributed by atoms with Crippen LogP contribution in [0.5, 0.6) is 0 Å². The summed E-state index contributed by atoms with van der Waals surface area (Å²) >= 11 is 9.67. The Morgan fingerprint density at radius 2 is 2.00 bits per heavy atom. The molecular formula is CH3Cl2N2O2P. The van der Waals surface area contributed by atoms with E-state index in [2.05, 4.69) is 5.73 Å². The van der Waals surface area contributed by atoms with Crippen molar-refractivity contribution >= 4 is 34.5 Å². The minimum absolute atomic E-state index is 1.00. The smallest absolute Gasteiger partial charge is 0.346 e. The summed E-state index contributed by atoms with van der Waals surface area (Å²) in [6.45, 7) is 0. The second kappa shape index (κ2) is 2.58. The fourth-order valence-electron chi connectivity index (χ4n) is 0.128. The summed E-state index contributed by atoms with van der Waals surface area (Å²) in [7, 11) is 0. The third-order valence-corrected chi connectivity index (χ3v) is 1.23.